The lowest BCUT2D eigenvalue weighted by atomic mass is 9.86. The van der Waals surface area contributed by atoms with Crippen molar-refractivity contribution in [2.24, 2.45) is 5.73 Å². The van der Waals surface area contributed by atoms with Crippen LogP contribution in [0.1, 0.15) is 43.4 Å². The van der Waals surface area contributed by atoms with E-state index in [1.54, 1.807) is 0 Å². The van der Waals surface area contributed by atoms with Crippen molar-refractivity contribution in [3.63, 3.8) is 0 Å². The van der Waals surface area contributed by atoms with E-state index in [0.717, 1.165) is 25.7 Å². The summed E-state index contributed by atoms with van der Waals surface area (Å²) in [5.41, 5.74) is 9.08. The summed E-state index contributed by atoms with van der Waals surface area (Å²) in [6.07, 6.45) is 3.84. The van der Waals surface area contributed by atoms with E-state index in [-0.39, 0.29) is 11.3 Å². The molecule has 1 saturated carbocycles. The van der Waals surface area contributed by atoms with E-state index in [1.807, 2.05) is 0 Å². The minimum absolute atomic E-state index is 0.157. The Morgan fingerprint density at radius 1 is 1.31 bits per heavy atom. The number of amides is 1. The first-order valence-electron chi connectivity index (χ1n) is 6.07. The van der Waals surface area contributed by atoms with Gasteiger partial charge in [0, 0.05) is 0 Å². The van der Waals surface area contributed by atoms with Crippen LogP contribution in [0.2, 0.25) is 0 Å². The number of carbonyl (C=O) groups excluding carboxylic acids is 1. The molecule has 1 aromatic carbocycles. The third-order valence-electron chi connectivity index (χ3n) is 3.74. The van der Waals surface area contributed by atoms with Gasteiger partial charge in [-0.1, -0.05) is 32.0 Å². The van der Waals surface area contributed by atoms with Crippen LogP contribution in [0.25, 0.3) is 0 Å². The predicted molar refractivity (Wildman–Crippen MR) is 65.3 cm³/mol. The summed E-state index contributed by atoms with van der Waals surface area (Å²) in [6, 6.07) is 6.28. The van der Waals surface area contributed by atoms with Crippen molar-refractivity contribution in [1.29, 1.82) is 0 Å². The molecule has 1 fully saturated rings. The van der Waals surface area contributed by atoms with Gasteiger partial charge in [0.15, 0.2) is 0 Å². The van der Waals surface area contributed by atoms with Crippen molar-refractivity contribution in [1.82, 2.24) is 0 Å². The lowest BCUT2D eigenvalue weighted by molar-refractivity contribution is -0.120. The summed E-state index contributed by atoms with van der Waals surface area (Å²) in [6.45, 7) is 4.30. The molecule has 0 saturated heterocycles. The predicted octanol–water partition coefficient (Wildman–Crippen LogP) is 2.33. The van der Waals surface area contributed by atoms with Gasteiger partial charge >= 0.3 is 0 Å². The number of nitrogens with two attached hydrogens (primary N) is 1. The number of primary amides is 1. The van der Waals surface area contributed by atoms with Gasteiger partial charge in [0.1, 0.15) is 0 Å². The maximum absolute atomic E-state index is 11.6. The Bertz CT molecular complexity index is 419. The number of hydrogen-bond acceptors (Lipinski definition) is 1. The molecule has 1 aromatic rings. The summed E-state index contributed by atoms with van der Waals surface area (Å²) >= 11 is 0. The summed E-state index contributed by atoms with van der Waals surface area (Å²) in [7, 11) is 0. The fraction of sp³-hybridized carbons (Fsp3) is 0.500. The van der Waals surface area contributed by atoms with Crippen LogP contribution in [0.4, 0.5) is 0 Å². The Kier molecular flexibility index (Phi) is 2.75. The SMILES string of the molecule is CCc1cccc(C2(C(N)=O)CC2)c1CC. The Labute approximate surface area is 96.8 Å². The van der Waals surface area contributed by atoms with Crippen molar-refractivity contribution in [2.75, 3.05) is 0 Å². The highest BCUT2D eigenvalue weighted by molar-refractivity contribution is 5.90. The Balaban J connectivity index is 2.53. The van der Waals surface area contributed by atoms with Crippen molar-refractivity contribution in [2.45, 2.75) is 44.9 Å². The molecule has 1 aliphatic carbocycles. The summed E-state index contributed by atoms with van der Waals surface area (Å²) < 4.78 is 0. The number of hydrogen-bond donors (Lipinski definition) is 1. The van der Waals surface area contributed by atoms with Crippen LogP contribution in [-0.4, -0.2) is 5.91 Å². The molecule has 16 heavy (non-hydrogen) atoms. The van der Waals surface area contributed by atoms with E-state index in [1.165, 1.54) is 16.7 Å². The van der Waals surface area contributed by atoms with E-state index in [9.17, 15) is 4.79 Å². The van der Waals surface area contributed by atoms with Crippen LogP contribution in [0.3, 0.4) is 0 Å². The highest BCUT2D eigenvalue weighted by atomic mass is 16.1. The number of rotatable bonds is 4. The highest BCUT2D eigenvalue weighted by Crippen LogP contribution is 2.49. The first-order chi connectivity index (χ1) is 7.65. The molecule has 86 valence electrons. The Morgan fingerprint density at radius 2 is 2.00 bits per heavy atom. The summed E-state index contributed by atoms with van der Waals surface area (Å²) in [5.74, 6) is -0.157. The van der Waals surface area contributed by atoms with Crippen LogP contribution < -0.4 is 5.73 Å². The second kappa shape index (κ2) is 3.93. The molecule has 2 nitrogen and oxygen atoms in total. The molecule has 2 heteroatoms. The molecule has 0 bridgehead atoms. The van der Waals surface area contributed by atoms with Gasteiger partial charge in [0.05, 0.1) is 5.41 Å². The highest BCUT2D eigenvalue weighted by Gasteiger charge is 2.50. The average Bonchev–Trinajstić information content (AvgIpc) is 3.09. The van der Waals surface area contributed by atoms with Gasteiger partial charge in [-0.25, -0.2) is 0 Å². The maximum Gasteiger partial charge on any atom is 0.228 e. The van der Waals surface area contributed by atoms with Crippen LogP contribution >= 0.6 is 0 Å². The molecular formula is C14H19NO. The smallest absolute Gasteiger partial charge is 0.228 e. The van der Waals surface area contributed by atoms with Gasteiger partial charge in [-0.15, -0.1) is 0 Å². The third kappa shape index (κ3) is 1.53. The molecule has 1 aliphatic rings. The van der Waals surface area contributed by atoms with Gasteiger partial charge in [-0.3, -0.25) is 4.79 Å². The van der Waals surface area contributed by atoms with E-state index >= 15 is 0 Å². The molecule has 0 atom stereocenters. The molecule has 0 aliphatic heterocycles. The van der Waals surface area contributed by atoms with E-state index in [0.29, 0.717) is 0 Å². The fourth-order valence-electron chi connectivity index (χ4n) is 2.61. The maximum atomic E-state index is 11.6. The van der Waals surface area contributed by atoms with Gasteiger partial charge in [0.2, 0.25) is 5.91 Å². The zero-order chi connectivity index (χ0) is 11.8. The zero-order valence-electron chi connectivity index (χ0n) is 10.0. The number of aryl methyl sites for hydroxylation is 1. The molecular weight excluding hydrogens is 198 g/mol. The van der Waals surface area contributed by atoms with Gasteiger partial charge < -0.3 is 5.73 Å². The third-order valence-corrected chi connectivity index (χ3v) is 3.74. The molecule has 0 unspecified atom stereocenters. The summed E-state index contributed by atoms with van der Waals surface area (Å²) in [5, 5.41) is 0. The Morgan fingerprint density at radius 3 is 2.44 bits per heavy atom. The standard InChI is InChI=1S/C14H19NO/c1-3-10-6-5-7-12(11(10)4-2)14(8-9-14)13(15)16/h5-7H,3-4,8-9H2,1-2H3,(H2,15,16). The minimum Gasteiger partial charge on any atom is -0.369 e. The van der Waals surface area contributed by atoms with E-state index < -0.39 is 0 Å². The molecule has 2 N–H and O–H groups in total. The second-order valence-corrected chi connectivity index (χ2v) is 4.60. The van der Waals surface area contributed by atoms with Crippen LogP contribution in [0, 0.1) is 0 Å². The fourth-order valence-corrected chi connectivity index (χ4v) is 2.61. The average molecular weight is 217 g/mol. The molecule has 0 heterocycles. The Hall–Kier alpha value is -1.31. The van der Waals surface area contributed by atoms with Gasteiger partial charge in [-0.05, 0) is 42.4 Å². The largest absolute Gasteiger partial charge is 0.369 e. The second-order valence-electron chi connectivity index (χ2n) is 4.60. The number of carbonyl (C=O) groups is 1. The van der Waals surface area contributed by atoms with Crippen LogP contribution in [-0.2, 0) is 23.1 Å². The van der Waals surface area contributed by atoms with Crippen LogP contribution in [0.15, 0.2) is 18.2 Å². The molecule has 0 radical (unpaired) electrons. The van der Waals surface area contributed by atoms with E-state index in [4.69, 9.17) is 5.73 Å². The summed E-state index contributed by atoms with van der Waals surface area (Å²) in [4.78, 5) is 11.6. The quantitative estimate of drug-likeness (QED) is 0.826. The van der Waals surface area contributed by atoms with Crippen molar-refractivity contribution in [3.05, 3.63) is 34.9 Å². The van der Waals surface area contributed by atoms with Crippen molar-refractivity contribution in [3.8, 4) is 0 Å². The van der Waals surface area contributed by atoms with Gasteiger partial charge in [0.25, 0.3) is 0 Å². The lowest BCUT2D eigenvalue weighted by Crippen LogP contribution is -2.29. The zero-order valence-corrected chi connectivity index (χ0v) is 10.0. The van der Waals surface area contributed by atoms with Crippen molar-refractivity contribution < 1.29 is 4.79 Å². The van der Waals surface area contributed by atoms with Crippen molar-refractivity contribution >= 4 is 5.91 Å². The number of benzene rings is 1. The normalized spacial score (nSPS) is 17.1. The van der Waals surface area contributed by atoms with Crippen LogP contribution in [0.5, 0.6) is 0 Å². The molecule has 0 aromatic heterocycles. The minimum atomic E-state index is -0.337. The van der Waals surface area contributed by atoms with E-state index in [2.05, 4.69) is 32.0 Å². The topological polar surface area (TPSA) is 43.1 Å². The molecule has 0 spiro atoms. The first kappa shape index (κ1) is 11.2. The first-order valence-corrected chi connectivity index (χ1v) is 6.07. The molecule has 2 rings (SSSR count). The lowest BCUT2D eigenvalue weighted by Gasteiger charge is -2.18. The molecule has 1 amide bonds. The van der Waals surface area contributed by atoms with Gasteiger partial charge in [-0.2, -0.15) is 0 Å². The monoisotopic (exact) mass is 217 g/mol.